The second-order valence-electron chi connectivity index (χ2n) is 16.4. The molecule has 56 heavy (non-hydrogen) atoms. The first-order valence-corrected chi connectivity index (χ1v) is 21.4. The minimum atomic E-state index is 0.135. The van der Waals surface area contributed by atoms with E-state index in [9.17, 15) is 0 Å². The predicted molar refractivity (Wildman–Crippen MR) is 243 cm³/mol. The van der Waals surface area contributed by atoms with Crippen LogP contribution >= 0.6 is 0 Å². The van der Waals surface area contributed by atoms with Crippen LogP contribution < -0.4 is 0 Å². The Hall–Kier alpha value is -5.01. The Morgan fingerprint density at radius 3 is 2.57 bits per heavy atom. The fourth-order valence-electron chi connectivity index (χ4n) is 9.66. The topological polar surface area (TPSA) is 12.4 Å². The lowest BCUT2D eigenvalue weighted by molar-refractivity contribution is 0.368. The lowest BCUT2D eigenvalue weighted by atomic mass is 9.67. The molecule has 1 aliphatic heterocycles. The number of hydrogen-bond acceptors (Lipinski definition) is 1. The zero-order valence-corrected chi connectivity index (χ0v) is 34.3. The molecule has 2 aromatic rings. The highest BCUT2D eigenvalue weighted by Gasteiger charge is 2.38. The summed E-state index contributed by atoms with van der Waals surface area (Å²) in [7, 11) is 0. The van der Waals surface area contributed by atoms with Gasteiger partial charge in [-0.3, -0.25) is 4.99 Å². The van der Waals surface area contributed by atoms with Crippen molar-refractivity contribution in [3.8, 4) is 0 Å². The predicted octanol–water partition coefficient (Wildman–Crippen LogP) is 14.7. The maximum atomic E-state index is 5.27. The molecule has 7 rings (SSSR count). The van der Waals surface area contributed by atoms with E-state index < -0.39 is 0 Å². The molecule has 5 aliphatic rings. The zero-order chi connectivity index (χ0) is 38.9. The van der Waals surface area contributed by atoms with Gasteiger partial charge in [0.15, 0.2) is 0 Å². The summed E-state index contributed by atoms with van der Waals surface area (Å²) in [5, 5.41) is 0. The van der Waals surface area contributed by atoms with Gasteiger partial charge in [0, 0.05) is 18.1 Å². The number of rotatable bonds is 9. The number of allylic oxidation sites excluding steroid dienone is 21. The van der Waals surface area contributed by atoms with Gasteiger partial charge in [-0.1, -0.05) is 167 Å². The van der Waals surface area contributed by atoms with E-state index in [0.29, 0.717) is 23.7 Å². The third-order valence-corrected chi connectivity index (χ3v) is 12.8. The molecule has 0 spiro atoms. The molecule has 0 amide bonds. The second-order valence-corrected chi connectivity index (χ2v) is 16.4. The first-order chi connectivity index (χ1) is 27.5. The van der Waals surface area contributed by atoms with Gasteiger partial charge in [0.1, 0.15) is 0 Å². The summed E-state index contributed by atoms with van der Waals surface area (Å²) < 4.78 is 0. The van der Waals surface area contributed by atoms with E-state index in [1.54, 1.807) is 0 Å². The maximum absolute atomic E-state index is 5.27. The van der Waals surface area contributed by atoms with Crippen molar-refractivity contribution in [1.82, 2.24) is 0 Å². The van der Waals surface area contributed by atoms with Crippen molar-refractivity contribution < 1.29 is 0 Å². The van der Waals surface area contributed by atoms with Crippen LogP contribution in [0.25, 0.3) is 11.1 Å². The lowest BCUT2D eigenvalue weighted by Gasteiger charge is -2.39. The van der Waals surface area contributed by atoms with Crippen molar-refractivity contribution in [2.24, 2.45) is 28.7 Å². The highest BCUT2D eigenvalue weighted by molar-refractivity contribution is 5.74. The van der Waals surface area contributed by atoms with E-state index in [-0.39, 0.29) is 6.04 Å². The Bertz CT molecular complexity index is 2140. The van der Waals surface area contributed by atoms with Gasteiger partial charge in [-0.2, -0.15) is 0 Å². The Morgan fingerprint density at radius 2 is 1.75 bits per heavy atom. The van der Waals surface area contributed by atoms with Crippen LogP contribution in [0.15, 0.2) is 190 Å². The first-order valence-electron chi connectivity index (χ1n) is 21.4. The number of hydrogen-bond donors (Lipinski definition) is 0. The molecule has 1 heterocycles. The fraction of sp³-hybridized carbons (Fsp3) is 0.327. The maximum Gasteiger partial charge on any atom is 0.0792 e. The average molecular weight is 736 g/mol. The zero-order valence-electron chi connectivity index (χ0n) is 34.3. The summed E-state index contributed by atoms with van der Waals surface area (Å²) in [5.41, 5.74) is 16.9. The molecule has 0 bridgehead atoms. The molecule has 0 saturated heterocycles. The van der Waals surface area contributed by atoms with Gasteiger partial charge in [0.25, 0.3) is 0 Å². The summed E-state index contributed by atoms with van der Waals surface area (Å²) >= 11 is 0. The molecule has 5 unspecified atom stereocenters. The van der Waals surface area contributed by atoms with Gasteiger partial charge in [-0.15, -0.1) is 0 Å². The molecule has 0 N–H and O–H groups in total. The van der Waals surface area contributed by atoms with E-state index in [1.807, 2.05) is 0 Å². The van der Waals surface area contributed by atoms with E-state index in [4.69, 9.17) is 4.99 Å². The van der Waals surface area contributed by atoms with Crippen molar-refractivity contribution in [2.75, 3.05) is 0 Å². The fourth-order valence-corrected chi connectivity index (χ4v) is 9.66. The molecular weight excluding hydrogens is 675 g/mol. The third-order valence-electron chi connectivity index (χ3n) is 12.8. The van der Waals surface area contributed by atoms with Crippen LogP contribution in [0, 0.1) is 23.7 Å². The Labute approximate surface area is 338 Å². The lowest BCUT2D eigenvalue weighted by Crippen LogP contribution is -2.34. The standard InChI is InChI=1S/C55H61N/c1-6-41-22-19-33-51-48(8-3)52(54-39(4)21-16-17-34-56-55(54)53(51)38-41)35-40(5)46-30-18-23-42(36-46)37-47-27-13-15-32-50(47)45-26-12-14-31-49(43(7-2)28-20-29-45)44-24-10-9-11-25-44/h8-11,13,15-20,22-25,27-35,39,42-43,54-55H,3,6-7,12,14,21,26,36-38H2,1-2,4-5H3. The average Bonchev–Trinajstić information content (AvgIpc) is 3.44. The largest absolute Gasteiger partial charge is 0.285 e. The molecule has 0 fully saturated rings. The first kappa shape index (κ1) is 39.2. The van der Waals surface area contributed by atoms with Gasteiger partial charge < -0.3 is 0 Å². The van der Waals surface area contributed by atoms with Crippen molar-refractivity contribution in [1.29, 1.82) is 0 Å². The molecule has 0 radical (unpaired) electrons. The SMILES string of the molecule is C=CC1=C(C=C(C)C2=CC=CC(Cc3ccccc3C3=CC=CC(CC)C(c4ccccc4)=CCCC3)C2)C2C(C)CC=CC=NC2C2=C1C=CC=C(CC)C2. The van der Waals surface area contributed by atoms with Crippen LogP contribution in [0.2, 0.25) is 0 Å². The van der Waals surface area contributed by atoms with Gasteiger partial charge >= 0.3 is 0 Å². The summed E-state index contributed by atoms with van der Waals surface area (Å²) in [5.74, 6) is 1.62. The van der Waals surface area contributed by atoms with Crippen molar-refractivity contribution in [3.05, 3.63) is 202 Å². The van der Waals surface area contributed by atoms with Gasteiger partial charge in [0.05, 0.1) is 6.04 Å². The molecule has 1 nitrogen and oxygen atoms in total. The summed E-state index contributed by atoms with van der Waals surface area (Å²) in [4.78, 5) is 5.27. The summed E-state index contributed by atoms with van der Waals surface area (Å²) in [6.07, 6.45) is 44.4. The number of benzene rings is 2. The van der Waals surface area contributed by atoms with E-state index in [1.165, 1.54) is 66.8 Å². The van der Waals surface area contributed by atoms with Crippen LogP contribution in [0.5, 0.6) is 0 Å². The molecule has 2 aromatic carbocycles. The van der Waals surface area contributed by atoms with E-state index >= 15 is 0 Å². The Morgan fingerprint density at radius 1 is 0.929 bits per heavy atom. The van der Waals surface area contributed by atoms with Crippen molar-refractivity contribution >= 4 is 17.4 Å². The van der Waals surface area contributed by atoms with E-state index in [0.717, 1.165) is 57.8 Å². The quantitative estimate of drug-likeness (QED) is 0.243. The normalized spacial score (nSPS) is 25.6. The monoisotopic (exact) mass is 735 g/mol. The highest BCUT2D eigenvalue weighted by atomic mass is 14.8. The van der Waals surface area contributed by atoms with Gasteiger partial charge in [-0.25, -0.2) is 0 Å². The number of fused-ring (bicyclic) bond motifs is 2. The third kappa shape index (κ3) is 8.84. The van der Waals surface area contributed by atoms with Crippen LogP contribution in [0.3, 0.4) is 0 Å². The minimum absolute atomic E-state index is 0.135. The molecule has 286 valence electrons. The molecule has 1 heteroatoms. The number of nitrogens with zero attached hydrogens (tertiary/aromatic N) is 1. The van der Waals surface area contributed by atoms with Crippen LogP contribution in [0.1, 0.15) is 95.8 Å². The van der Waals surface area contributed by atoms with Crippen LogP contribution in [-0.2, 0) is 6.42 Å². The Balaban J connectivity index is 1.14. The Kier molecular flexibility index (Phi) is 13.1. The summed E-state index contributed by atoms with van der Waals surface area (Å²) in [6, 6.07) is 20.3. The molecule has 0 saturated carbocycles. The smallest absolute Gasteiger partial charge is 0.0792 e. The van der Waals surface area contributed by atoms with E-state index in [2.05, 4.69) is 180 Å². The summed E-state index contributed by atoms with van der Waals surface area (Å²) in [6.45, 7) is 13.7. The van der Waals surface area contributed by atoms with Gasteiger partial charge in [0.2, 0.25) is 0 Å². The van der Waals surface area contributed by atoms with Crippen LogP contribution in [0.4, 0.5) is 0 Å². The van der Waals surface area contributed by atoms with Crippen molar-refractivity contribution in [2.45, 2.75) is 91.5 Å². The van der Waals surface area contributed by atoms with Crippen molar-refractivity contribution in [3.63, 3.8) is 0 Å². The number of aliphatic imine (C=N–C) groups is 1. The molecular formula is C55H61N. The van der Waals surface area contributed by atoms with Gasteiger partial charge in [-0.05, 0) is 144 Å². The highest BCUT2D eigenvalue weighted by Crippen LogP contribution is 2.47. The van der Waals surface area contributed by atoms with Crippen LogP contribution in [-0.4, -0.2) is 12.3 Å². The molecule has 0 aromatic heterocycles. The minimum Gasteiger partial charge on any atom is -0.285 e. The second kappa shape index (κ2) is 18.8. The molecule has 4 aliphatic carbocycles. The molecule has 5 atom stereocenters.